The van der Waals surface area contributed by atoms with E-state index in [4.69, 9.17) is 0 Å². The van der Waals surface area contributed by atoms with Gasteiger partial charge in [-0.25, -0.2) is 8.42 Å². The second kappa shape index (κ2) is 7.29. The molecule has 0 spiro atoms. The fourth-order valence-corrected chi connectivity index (χ4v) is 3.32. The Morgan fingerprint density at radius 3 is 2.19 bits per heavy atom. The number of benzene rings is 2. The first-order valence-electron chi connectivity index (χ1n) is 8.29. The maximum atomic E-state index is 12.4. The fraction of sp³-hybridized carbons (Fsp3) is 0.263. The summed E-state index contributed by atoms with van der Waals surface area (Å²) in [7, 11) is -3.16. The lowest BCUT2D eigenvalue weighted by atomic mass is 10.1. The third-order valence-electron chi connectivity index (χ3n) is 3.98. The lowest BCUT2D eigenvalue weighted by Gasteiger charge is -2.09. The summed E-state index contributed by atoms with van der Waals surface area (Å²) in [4.78, 5) is 24.1. The van der Waals surface area contributed by atoms with Crippen LogP contribution in [0.15, 0.2) is 48.5 Å². The molecule has 7 heteroatoms. The average molecular weight is 372 g/mol. The van der Waals surface area contributed by atoms with Gasteiger partial charge in [0.25, 0.3) is 5.91 Å². The maximum Gasteiger partial charge on any atom is 0.255 e. The summed E-state index contributed by atoms with van der Waals surface area (Å²) in [6.45, 7) is 0. The standard InChI is InChI=1S/C19H20N2O4S/c1-26(24,25)12-13-3-2-4-15(11-13)19(23)21-17-9-7-16(8-10-17)20-18(22)14-5-6-14/h2-4,7-11,14H,5-6,12H2,1H3,(H,20,22)(H,21,23). The lowest BCUT2D eigenvalue weighted by molar-refractivity contribution is -0.117. The Morgan fingerprint density at radius 2 is 1.62 bits per heavy atom. The van der Waals surface area contributed by atoms with Crippen molar-refractivity contribution in [1.82, 2.24) is 0 Å². The number of rotatable bonds is 6. The quantitative estimate of drug-likeness (QED) is 0.815. The van der Waals surface area contributed by atoms with Crippen LogP contribution >= 0.6 is 0 Å². The Balaban J connectivity index is 1.64. The van der Waals surface area contributed by atoms with Crippen molar-refractivity contribution in [2.75, 3.05) is 16.9 Å². The molecular weight excluding hydrogens is 352 g/mol. The molecule has 6 nitrogen and oxygen atoms in total. The van der Waals surface area contributed by atoms with Crippen LogP contribution in [0, 0.1) is 5.92 Å². The van der Waals surface area contributed by atoms with Gasteiger partial charge in [-0.15, -0.1) is 0 Å². The topological polar surface area (TPSA) is 92.3 Å². The monoisotopic (exact) mass is 372 g/mol. The second-order valence-electron chi connectivity index (χ2n) is 6.57. The largest absolute Gasteiger partial charge is 0.326 e. The first-order valence-corrected chi connectivity index (χ1v) is 10.4. The van der Waals surface area contributed by atoms with Gasteiger partial charge in [0.1, 0.15) is 0 Å². The zero-order valence-electron chi connectivity index (χ0n) is 14.4. The van der Waals surface area contributed by atoms with E-state index in [0.717, 1.165) is 19.1 Å². The maximum absolute atomic E-state index is 12.4. The van der Waals surface area contributed by atoms with Crippen molar-refractivity contribution >= 4 is 33.0 Å². The van der Waals surface area contributed by atoms with Gasteiger partial charge in [0.2, 0.25) is 5.91 Å². The highest BCUT2D eigenvalue weighted by molar-refractivity contribution is 7.89. The van der Waals surface area contributed by atoms with Crippen molar-refractivity contribution < 1.29 is 18.0 Å². The number of hydrogen-bond acceptors (Lipinski definition) is 4. The molecule has 2 aromatic rings. The van der Waals surface area contributed by atoms with E-state index in [0.29, 0.717) is 22.5 Å². The van der Waals surface area contributed by atoms with Crippen LogP contribution in [-0.4, -0.2) is 26.5 Å². The van der Waals surface area contributed by atoms with Crippen LogP contribution in [0.3, 0.4) is 0 Å². The minimum absolute atomic E-state index is 0.0319. The minimum atomic E-state index is -3.16. The zero-order valence-corrected chi connectivity index (χ0v) is 15.2. The number of anilines is 2. The third kappa shape index (κ3) is 5.16. The lowest BCUT2D eigenvalue weighted by Crippen LogP contribution is -2.14. The van der Waals surface area contributed by atoms with Crippen LogP contribution in [0.4, 0.5) is 11.4 Å². The van der Waals surface area contributed by atoms with Crippen molar-refractivity contribution in [3.63, 3.8) is 0 Å². The molecule has 0 aliphatic heterocycles. The Kier molecular flexibility index (Phi) is 5.08. The molecule has 136 valence electrons. The highest BCUT2D eigenvalue weighted by atomic mass is 32.2. The normalized spacial score (nSPS) is 13.9. The van der Waals surface area contributed by atoms with E-state index < -0.39 is 9.84 Å². The smallest absolute Gasteiger partial charge is 0.255 e. The average Bonchev–Trinajstić information content (AvgIpc) is 3.40. The molecule has 0 unspecified atom stereocenters. The van der Waals surface area contributed by atoms with Gasteiger partial charge in [0, 0.05) is 29.1 Å². The predicted octanol–water partition coefficient (Wildman–Crippen LogP) is 2.83. The number of carbonyl (C=O) groups is 2. The molecule has 0 atom stereocenters. The number of carbonyl (C=O) groups excluding carboxylic acids is 2. The molecule has 0 aromatic heterocycles. The van der Waals surface area contributed by atoms with E-state index >= 15 is 0 Å². The van der Waals surface area contributed by atoms with E-state index in [9.17, 15) is 18.0 Å². The molecule has 1 aliphatic carbocycles. The summed E-state index contributed by atoms with van der Waals surface area (Å²) >= 11 is 0. The van der Waals surface area contributed by atoms with Crippen LogP contribution in [0.25, 0.3) is 0 Å². The fourth-order valence-electron chi connectivity index (χ4n) is 2.54. The van der Waals surface area contributed by atoms with Gasteiger partial charge in [-0.3, -0.25) is 9.59 Å². The summed E-state index contributed by atoms with van der Waals surface area (Å²) < 4.78 is 22.8. The Morgan fingerprint density at radius 1 is 1.00 bits per heavy atom. The Labute approximate surface area is 152 Å². The van der Waals surface area contributed by atoms with E-state index in [2.05, 4.69) is 10.6 Å². The minimum Gasteiger partial charge on any atom is -0.326 e. The first-order chi connectivity index (χ1) is 12.3. The number of nitrogens with one attached hydrogen (secondary N) is 2. The summed E-state index contributed by atoms with van der Waals surface area (Å²) in [5.74, 6) is -0.267. The van der Waals surface area contributed by atoms with Gasteiger partial charge >= 0.3 is 0 Å². The molecule has 2 amide bonds. The molecule has 0 radical (unpaired) electrons. The molecule has 1 aliphatic rings. The number of amides is 2. The molecule has 0 saturated heterocycles. The van der Waals surface area contributed by atoms with Gasteiger partial charge in [0.15, 0.2) is 9.84 Å². The molecule has 2 aromatic carbocycles. The highest BCUT2D eigenvalue weighted by Crippen LogP contribution is 2.30. The molecule has 1 saturated carbocycles. The summed E-state index contributed by atoms with van der Waals surface area (Å²) in [5, 5.41) is 5.60. The number of hydrogen-bond donors (Lipinski definition) is 2. The van der Waals surface area contributed by atoms with Crippen molar-refractivity contribution in [1.29, 1.82) is 0 Å². The summed E-state index contributed by atoms with van der Waals surface area (Å²) in [6, 6.07) is 13.4. The molecular formula is C19H20N2O4S. The van der Waals surface area contributed by atoms with E-state index in [1.807, 2.05) is 0 Å². The van der Waals surface area contributed by atoms with Gasteiger partial charge < -0.3 is 10.6 Å². The molecule has 1 fully saturated rings. The van der Waals surface area contributed by atoms with Crippen LogP contribution in [0.2, 0.25) is 0 Å². The molecule has 2 N–H and O–H groups in total. The Hall–Kier alpha value is -2.67. The van der Waals surface area contributed by atoms with Crippen molar-refractivity contribution in [2.45, 2.75) is 18.6 Å². The highest BCUT2D eigenvalue weighted by Gasteiger charge is 2.29. The van der Waals surface area contributed by atoms with E-state index in [1.54, 1.807) is 48.5 Å². The van der Waals surface area contributed by atoms with E-state index in [1.165, 1.54) is 0 Å². The van der Waals surface area contributed by atoms with Crippen LogP contribution < -0.4 is 10.6 Å². The molecule has 0 heterocycles. The van der Waals surface area contributed by atoms with Crippen molar-refractivity contribution in [2.24, 2.45) is 5.92 Å². The zero-order chi connectivity index (χ0) is 18.7. The van der Waals surface area contributed by atoms with Gasteiger partial charge in [0.05, 0.1) is 5.75 Å². The Bertz CT molecular complexity index is 932. The molecule has 0 bridgehead atoms. The number of sulfone groups is 1. The third-order valence-corrected chi connectivity index (χ3v) is 4.83. The second-order valence-corrected chi connectivity index (χ2v) is 8.71. The van der Waals surface area contributed by atoms with Crippen LogP contribution in [0.1, 0.15) is 28.8 Å². The van der Waals surface area contributed by atoms with Gasteiger partial charge in [-0.2, -0.15) is 0 Å². The van der Waals surface area contributed by atoms with Crippen molar-refractivity contribution in [3.8, 4) is 0 Å². The van der Waals surface area contributed by atoms with Gasteiger partial charge in [-0.05, 0) is 54.8 Å². The van der Waals surface area contributed by atoms with Crippen LogP contribution in [0.5, 0.6) is 0 Å². The summed E-state index contributed by atoms with van der Waals surface area (Å²) in [6.07, 6.45) is 3.04. The van der Waals surface area contributed by atoms with E-state index in [-0.39, 0.29) is 23.5 Å². The van der Waals surface area contributed by atoms with Gasteiger partial charge in [-0.1, -0.05) is 12.1 Å². The summed E-state index contributed by atoms with van der Waals surface area (Å²) in [5.41, 5.74) is 2.23. The molecule has 3 rings (SSSR count). The van der Waals surface area contributed by atoms with Crippen LogP contribution in [-0.2, 0) is 20.4 Å². The van der Waals surface area contributed by atoms with Crippen molar-refractivity contribution in [3.05, 3.63) is 59.7 Å². The predicted molar refractivity (Wildman–Crippen MR) is 101 cm³/mol. The SMILES string of the molecule is CS(=O)(=O)Cc1cccc(C(=O)Nc2ccc(NC(=O)C3CC3)cc2)c1. The molecule has 26 heavy (non-hydrogen) atoms. The first kappa shape index (κ1) is 18.1.